The van der Waals surface area contributed by atoms with Gasteiger partial charge in [0.15, 0.2) is 0 Å². The topological polar surface area (TPSA) is 20.2 Å². The highest BCUT2D eigenvalue weighted by atomic mass is 79.9. The van der Waals surface area contributed by atoms with Gasteiger partial charge in [-0.3, -0.25) is 0 Å². The van der Waals surface area contributed by atoms with E-state index in [1.54, 1.807) is 6.07 Å². The molecule has 0 radical (unpaired) electrons. The van der Waals surface area contributed by atoms with Crippen LogP contribution in [0.5, 0.6) is 5.75 Å². The number of halogens is 3. The minimum absolute atomic E-state index is 0.0920. The van der Waals surface area contributed by atoms with Gasteiger partial charge >= 0.3 is 0 Å². The Labute approximate surface area is 76.7 Å². The van der Waals surface area contributed by atoms with Crippen LogP contribution in [0.4, 0.5) is 0 Å². The first kappa shape index (κ1) is 8.18. The summed E-state index contributed by atoms with van der Waals surface area (Å²) in [5.41, 5.74) is 0. The summed E-state index contributed by atoms with van der Waals surface area (Å²) >= 11 is 14.3. The van der Waals surface area contributed by atoms with E-state index in [4.69, 9.17) is 28.3 Å². The Bertz CT molecular complexity index is 212. The summed E-state index contributed by atoms with van der Waals surface area (Å²) in [6.45, 7) is 0. The summed E-state index contributed by atoms with van der Waals surface area (Å²) < 4.78 is 0.543. The van der Waals surface area contributed by atoms with Gasteiger partial charge in [0, 0.05) is 6.07 Å². The van der Waals surface area contributed by atoms with Crippen LogP contribution in [0.2, 0.25) is 10.0 Å². The summed E-state index contributed by atoms with van der Waals surface area (Å²) in [6.07, 6.45) is 0. The molecule has 1 nitrogen and oxygen atoms in total. The molecule has 0 fully saturated rings. The maximum absolute atomic E-state index is 9.03. The van der Waals surface area contributed by atoms with Crippen LogP contribution in [-0.2, 0) is 0 Å². The summed E-state index contributed by atoms with van der Waals surface area (Å²) in [5.74, 6) is 0.0920. The lowest BCUT2D eigenvalue weighted by Gasteiger charge is -1.98. The van der Waals surface area contributed by atoms with Crippen LogP contribution in [0.15, 0.2) is 16.6 Å². The van der Waals surface area contributed by atoms with E-state index in [0.29, 0.717) is 14.5 Å². The van der Waals surface area contributed by atoms with Crippen molar-refractivity contribution in [1.82, 2.24) is 0 Å². The monoisotopic (exact) mass is 240 g/mol. The molecular formula is C6H3BrCl2O. The zero-order chi connectivity index (χ0) is 7.72. The number of hydrogen-bond donors (Lipinski definition) is 1. The van der Waals surface area contributed by atoms with Gasteiger partial charge in [-0.2, -0.15) is 0 Å². The summed E-state index contributed by atoms with van der Waals surface area (Å²) in [4.78, 5) is 0. The van der Waals surface area contributed by atoms with E-state index >= 15 is 0 Å². The van der Waals surface area contributed by atoms with E-state index in [9.17, 15) is 0 Å². The molecule has 1 aromatic carbocycles. The number of phenolic OH excluding ortho intramolecular Hbond substituents is 1. The molecule has 0 aliphatic carbocycles. The molecule has 0 bridgehead atoms. The summed E-state index contributed by atoms with van der Waals surface area (Å²) in [6, 6.07) is 2.92. The van der Waals surface area contributed by atoms with E-state index in [-0.39, 0.29) is 5.75 Å². The predicted molar refractivity (Wildman–Crippen MR) is 45.8 cm³/mol. The average Bonchev–Trinajstić information content (AvgIpc) is 1.84. The van der Waals surface area contributed by atoms with Gasteiger partial charge in [-0.05, 0) is 22.0 Å². The fourth-order valence-electron chi connectivity index (χ4n) is 0.512. The molecule has 0 unspecified atom stereocenters. The quantitative estimate of drug-likeness (QED) is 0.690. The fraction of sp³-hybridized carbons (Fsp3) is 0. The fourth-order valence-corrected chi connectivity index (χ4v) is 1.31. The molecule has 1 N–H and O–H groups in total. The lowest BCUT2D eigenvalue weighted by Crippen LogP contribution is -1.71. The standard InChI is InChI=1S/C6H3BrCl2O/c7-3-1-4(8)5(9)2-6(3)10/h1-2,10H. The Morgan fingerprint density at radius 1 is 1.20 bits per heavy atom. The van der Waals surface area contributed by atoms with Crippen molar-refractivity contribution in [3.63, 3.8) is 0 Å². The van der Waals surface area contributed by atoms with Gasteiger partial charge in [0.05, 0.1) is 14.5 Å². The SMILES string of the molecule is Oc1cc(Cl)c(Cl)cc1Br. The second-order valence-electron chi connectivity index (χ2n) is 1.72. The van der Waals surface area contributed by atoms with Crippen molar-refractivity contribution in [1.29, 1.82) is 0 Å². The second kappa shape index (κ2) is 2.99. The molecule has 0 aliphatic heterocycles. The molecule has 1 aromatic rings. The molecule has 0 atom stereocenters. The van der Waals surface area contributed by atoms with E-state index in [1.807, 2.05) is 0 Å². The Kier molecular flexibility index (Phi) is 2.45. The zero-order valence-corrected chi connectivity index (χ0v) is 7.83. The smallest absolute Gasteiger partial charge is 0.131 e. The Hall–Kier alpha value is 0.0800. The molecule has 0 saturated heterocycles. The van der Waals surface area contributed by atoms with Crippen LogP contribution < -0.4 is 0 Å². The third kappa shape index (κ3) is 1.57. The lowest BCUT2D eigenvalue weighted by molar-refractivity contribution is 0.472. The van der Waals surface area contributed by atoms with Crippen LogP contribution in [0.25, 0.3) is 0 Å². The van der Waals surface area contributed by atoms with E-state index in [1.165, 1.54) is 6.07 Å². The zero-order valence-electron chi connectivity index (χ0n) is 4.74. The van der Waals surface area contributed by atoms with Crippen molar-refractivity contribution in [3.05, 3.63) is 26.7 Å². The van der Waals surface area contributed by atoms with Crippen LogP contribution in [0.3, 0.4) is 0 Å². The van der Waals surface area contributed by atoms with E-state index < -0.39 is 0 Å². The van der Waals surface area contributed by atoms with Crippen LogP contribution in [-0.4, -0.2) is 5.11 Å². The van der Waals surface area contributed by atoms with E-state index in [2.05, 4.69) is 15.9 Å². The second-order valence-corrected chi connectivity index (χ2v) is 3.39. The maximum Gasteiger partial charge on any atom is 0.131 e. The Morgan fingerprint density at radius 3 is 2.20 bits per heavy atom. The van der Waals surface area contributed by atoms with Gasteiger partial charge in [-0.25, -0.2) is 0 Å². The summed E-state index contributed by atoms with van der Waals surface area (Å²) in [5, 5.41) is 9.81. The lowest BCUT2D eigenvalue weighted by atomic mass is 10.3. The minimum atomic E-state index is 0.0920. The largest absolute Gasteiger partial charge is 0.507 e. The van der Waals surface area contributed by atoms with Crippen molar-refractivity contribution < 1.29 is 5.11 Å². The van der Waals surface area contributed by atoms with Gasteiger partial charge in [-0.1, -0.05) is 23.2 Å². The molecule has 0 amide bonds. The van der Waals surface area contributed by atoms with Gasteiger partial charge in [0.25, 0.3) is 0 Å². The molecule has 4 heteroatoms. The number of aromatic hydroxyl groups is 1. The highest BCUT2D eigenvalue weighted by Gasteiger charge is 2.02. The number of benzene rings is 1. The average molecular weight is 242 g/mol. The van der Waals surface area contributed by atoms with Gasteiger partial charge < -0.3 is 5.11 Å². The molecular weight excluding hydrogens is 239 g/mol. The molecule has 0 saturated carbocycles. The van der Waals surface area contributed by atoms with Crippen molar-refractivity contribution in [2.24, 2.45) is 0 Å². The van der Waals surface area contributed by atoms with Gasteiger partial charge in [0.2, 0.25) is 0 Å². The Balaban J connectivity index is 3.28. The number of rotatable bonds is 0. The molecule has 0 aliphatic rings. The third-order valence-corrected chi connectivity index (χ3v) is 2.35. The molecule has 0 spiro atoms. The van der Waals surface area contributed by atoms with Crippen molar-refractivity contribution >= 4 is 39.1 Å². The number of hydrogen-bond acceptors (Lipinski definition) is 1. The first-order valence-electron chi connectivity index (χ1n) is 2.45. The Morgan fingerprint density at radius 2 is 1.70 bits per heavy atom. The van der Waals surface area contributed by atoms with Crippen LogP contribution in [0, 0.1) is 0 Å². The first-order chi connectivity index (χ1) is 4.61. The molecule has 0 heterocycles. The van der Waals surface area contributed by atoms with Gasteiger partial charge in [-0.15, -0.1) is 0 Å². The normalized spacial score (nSPS) is 9.90. The van der Waals surface area contributed by atoms with Crippen LogP contribution in [0.1, 0.15) is 0 Å². The first-order valence-corrected chi connectivity index (χ1v) is 3.99. The molecule has 1 rings (SSSR count). The molecule has 0 aromatic heterocycles. The molecule has 54 valence electrons. The third-order valence-electron chi connectivity index (χ3n) is 0.990. The van der Waals surface area contributed by atoms with Crippen LogP contribution >= 0.6 is 39.1 Å². The predicted octanol–water partition coefficient (Wildman–Crippen LogP) is 3.46. The van der Waals surface area contributed by atoms with Crippen molar-refractivity contribution in [2.75, 3.05) is 0 Å². The summed E-state index contributed by atoms with van der Waals surface area (Å²) in [7, 11) is 0. The maximum atomic E-state index is 9.03. The number of phenols is 1. The minimum Gasteiger partial charge on any atom is -0.507 e. The molecule has 10 heavy (non-hydrogen) atoms. The van der Waals surface area contributed by atoms with Crippen molar-refractivity contribution in [3.8, 4) is 5.75 Å². The highest BCUT2D eigenvalue weighted by molar-refractivity contribution is 9.10. The highest BCUT2D eigenvalue weighted by Crippen LogP contribution is 2.32. The van der Waals surface area contributed by atoms with E-state index in [0.717, 1.165) is 0 Å². The van der Waals surface area contributed by atoms with Gasteiger partial charge in [0.1, 0.15) is 5.75 Å². The van der Waals surface area contributed by atoms with Crippen molar-refractivity contribution in [2.45, 2.75) is 0 Å².